The van der Waals surface area contributed by atoms with Crippen LogP contribution in [0.25, 0.3) is 11.0 Å². The van der Waals surface area contributed by atoms with Crippen LogP contribution in [0.4, 0.5) is 4.39 Å². The Morgan fingerprint density at radius 1 is 1.17 bits per heavy atom. The van der Waals surface area contributed by atoms with Gasteiger partial charge in [0.05, 0.1) is 12.7 Å². The molecule has 1 fully saturated rings. The summed E-state index contributed by atoms with van der Waals surface area (Å²) in [7, 11) is 0. The quantitative estimate of drug-likeness (QED) is 0.587. The van der Waals surface area contributed by atoms with Crippen molar-refractivity contribution < 1.29 is 13.5 Å². The molecule has 152 valence electrons. The molecule has 1 aliphatic rings. The van der Waals surface area contributed by atoms with Gasteiger partial charge in [0.15, 0.2) is 0 Å². The Morgan fingerprint density at radius 2 is 1.93 bits per heavy atom. The number of hydrogen-bond donors (Lipinski definition) is 0. The monoisotopic (exact) mass is 395 g/mol. The summed E-state index contributed by atoms with van der Waals surface area (Å²) in [5, 5.41) is 0.990. The molecule has 29 heavy (non-hydrogen) atoms. The van der Waals surface area contributed by atoms with Crippen LogP contribution in [0.2, 0.25) is 0 Å². The highest BCUT2D eigenvalue weighted by molar-refractivity contribution is 5.82. The molecule has 2 heterocycles. The third-order valence-corrected chi connectivity index (χ3v) is 5.63. The van der Waals surface area contributed by atoms with Crippen LogP contribution in [0, 0.1) is 12.7 Å². The lowest BCUT2D eigenvalue weighted by Gasteiger charge is -2.33. The van der Waals surface area contributed by atoms with E-state index in [1.54, 1.807) is 18.2 Å². The van der Waals surface area contributed by atoms with E-state index in [0.717, 1.165) is 28.6 Å². The Morgan fingerprint density at radius 3 is 2.66 bits per heavy atom. The molecular weight excluding hydrogens is 369 g/mol. The van der Waals surface area contributed by atoms with E-state index in [-0.39, 0.29) is 17.5 Å². The van der Waals surface area contributed by atoms with Gasteiger partial charge in [-0.05, 0) is 59.4 Å². The molecule has 0 amide bonds. The number of rotatable bonds is 4. The van der Waals surface area contributed by atoms with Gasteiger partial charge in [-0.2, -0.15) is 0 Å². The van der Waals surface area contributed by atoms with Crippen LogP contribution in [-0.2, 0) is 11.3 Å². The molecule has 0 aliphatic carbocycles. The summed E-state index contributed by atoms with van der Waals surface area (Å²) in [6.45, 7) is 9.10. The number of ether oxygens (including phenoxy) is 1. The van der Waals surface area contributed by atoms with Crippen molar-refractivity contribution >= 4 is 11.0 Å². The van der Waals surface area contributed by atoms with E-state index in [0.29, 0.717) is 31.2 Å². The van der Waals surface area contributed by atoms with Crippen molar-refractivity contribution in [3.63, 3.8) is 0 Å². The maximum Gasteiger partial charge on any atom is 0.336 e. The second kappa shape index (κ2) is 8.09. The fourth-order valence-corrected chi connectivity index (χ4v) is 4.11. The van der Waals surface area contributed by atoms with Gasteiger partial charge in [0.2, 0.25) is 0 Å². The highest BCUT2D eigenvalue weighted by Crippen LogP contribution is 2.29. The van der Waals surface area contributed by atoms with E-state index in [1.807, 2.05) is 6.07 Å². The van der Waals surface area contributed by atoms with Gasteiger partial charge in [-0.3, -0.25) is 4.90 Å². The lowest BCUT2D eigenvalue weighted by molar-refractivity contribution is -0.0328. The average Bonchev–Trinajstić information content (AvgIpc) is 2.68. The van der Waals surface area contributed by atoms with Gasteiger partial charge in [-0.25, -0.2) is 9.18 Å². The molecule has 0 radical (unpaired) electrons. The largest absolute Gasteiger partial charge is 0.423 e. The predicted octanol–water partition coefficient (Wildman–Crippen LogP) is 4.94. The van der Waals surface area contributed by atoms with Crippen molar-refractivity contribution in [3.8, 4) is 0 Å². The van der Waals surface area contributed by atoms with Crippen molar-refractivity contribution in [3.05, 3.63) is 81.0 Å². The molecule has 0 N–H and O–H groups in total. The van der Waals surface area contributed by atoms with Crippen molar-refractivity contribution in [2.24, 2.45) is 0 Å². The molecule has 2 aromatic carbocycles. The van der Waals surface area contributed by atoms with E-state index >= 15 is 0 Å². The number of benzene rings is 2. The van der Waals surface area contributed by atoms with Gasteiger partial charge in [0, 0.05) is 31.1 Å². The fourth-order valence-electron chi connectivity index (χ4n) is 4.11. The van der Waals surface area contributed by atoms with Crippen molar-refractivity contribution in [1.82, 2.24) is 4.90 Å². The number of fused-ring (bicyclic) bond motifs is 1. The molecule has 1 unspecified atom stereocenters. The van der Waals surface area contributed by atoms with Gasteiger partial charge in [-0.1, -0.05) is 26.0 Å². The summed E-state index contributed by atoms with van der Waals surface area (Å²) in [4.78, 5) is 14.4. The normalized spacial score (nSPS) is 17.9. The molecule has 1 aliphatic heterocycles. The highest BCUT2D eigenvalue weighted by atomic mass is 19.1. The number of hydrogen-bond acceptors (Lipinski definition) is 4. The molecule has 0 saturated carbocycles. The zero-order valence-electron chi connectivity index (χ0n) is 17.1. The molecule has 5 heteroatoms. The topological polar surface area (TPSA) is 42.7 Å². The molecule has 3 aromatic rings. The van der Waals surface area contributed by atoms with E-state index in [4.69, 9.17) is 9.15 Å². The van der Waals surface area contributed by atoms with Crippen LogP contribution in [-0.4, -0.2) is 24.6 Å². The molecule has 1 aromatic heterocycles. The maximum atomic E-state index is 13.2. The van der Waals surface area contributed by atoms with Crippen LogP contribution in [0.15, 0.2) is 51.7 Å². The van der Waals surface area contributed by atoms with Crippen LogP contribution < -0.4 is 5.63 Å². The summed E-state index contributed by atoms with van der Waals surface area (Å²) in [6.07, 6.45) is -0.107. The average molecular weight is 395 g/mol. The molecular formula is C24H26FNO3. The zero-order chi connectivity index (χ0) is 20.5. The number of aryl methyl sites for hydroxylation is 1. The van der Waals surface area contributed by atoms with Crippen LogP contribution >= 0.6 is 0 Å². The second-order valence-electron chi connectivity index (χ2n) is 8.10. The Bertz CT molecular complexity index is 1070. The maximum absolute atomic E-state index is 13.2. The van der Waals surface area contributed by atoms with E-state index < -0.39 is 0 Å². The first-order valence-electron chi connectivity index (χ1n) is 10.1. The van der Waals surface area contributed by atoms with E-state index in [1.165, 1.54) is 17.7 Å². The molecule has 4 rings (SSSR count). The summed E-state index contributed by atoms with van der Waals surface area (Å²) < 4.78 is 24.6. The van der Waals surface area contributed by atoms with Crippen LogP contribution in [0.1, 0.15) is 48.1 Å². The van der Waals surface area contributed by atoms with E-state index in [9.17, 15) is 9.18 Å². The first-order chi connectivity index (χ1) is 13.9. The minimum atomic E-state index is -0.326. The van der Waals surface area contributed by atoms with Gasteiger partial charge in [-0.15, -0.1) is 0 Å². The summed E-state index contributed by atoms with van der Waals surface area (Å²) in [5.41, 5.74) is 4.64. The molecule has 1 saturated heterocycles. The molecule has 0 bridgehead atoms. The van der Waals surface area contributed by atoms with Crippen LogP contribution in [0.3, 0.4) is 0 Å². The smallest absolute Gasteiger partial charge is 0.336 e. The first-order valence-corrected chi connectivity index (χ1v) is 10.1. The molecule has 0 spiro atoms. The second-order valence-corrected chi connectivity index (χ2v) is 8.10. The zero-order valence-corrected chi connectivity index (χ0v) is 17.1. The Balaban J connectivity index is 1.63. The lowest BCUT2D eigenvalue weighted by Crippen LogP contribution is -2.38. The van der Waals surface area contributed by atoms with Crippen molar-refractivity contribution in [2.45, 2.75) is 39.3 Å². The lowest BCUT2D eigenvalue weighted by atomic mass is 9.94. The van der Waals surface area contributed by atoms with E-state index in [2.05, 4.69) is 31.7 Å². The number of halogens is 1. The highest BCUT2D eigenvalue weighted by Gasteiger charge is 2.23. The minimum absolute atomic E-state index is 0.107. The fraction of sp³-hybridized carbons (Fsp3) is 0.375. The Kier molecular flexibility index (Phi) is 5.52. The van der Waals surface area contributed by atoms with Crippen LogP contribution in [0.5, 0.6) is 0 Å². The minimum Gasteiger partial charge on any atom is -0.423 e. The number of morpholine rings is 1. The number of nitrogens with zero attached hydrogens (tertiary/aromatic N) is 1. The van der Waals surface area contributed by atoms with Gasteiger partial charge >= 0.3 is 5.63 Å². The Hall–Kier alpha value is -2.50. The molecule has 4 nitrogen and oxygen atoms in total. The van der Waals surface area contributed by atoms with Gasteiger partial charge < -0.3 is 9.15 Å². The predicted molar refractivity (Wildman–Crippen MR) is 112 cm³/mol. The summed E-state index contributed by atoms with van der Waals surface area (Å²) in [6, 6.07) is 12.2. The third-order valence-electron chi connectivity index (χ3n) is 5.63. The Labute approximate surface area is 169 Å². The standard InChI is InChI=1S/C24H26FNO3/c1-15(2)20-12-21-18(11-24(27)29-22(21)10-16(20)3)13-26-8-9-28-23(14-26)17-4-6-19(25)7-5-17/h4-7,10-12,15,23H,8-9,13-14H2,1-3H3. The van der Waals surface area contributed by atoms with Gasteiger partial charge in [0.25, 0.3) is 0 Å². The first kappa shape index (κ1) is 19.8. The summed E-state index contributed by atoms with van der Waals surface area (Å²) in [5.74, 6) is 0.144. The van der Waals surface area contributed by atoms with Crippen molar-refractivity contribution in [1.29, 1.82) is 0 Å². The SMILES string of the molecule is Cc1cc2oc(=O)cc(CN3CCOC(c4ccc(F)cc4)C3)c2cc1C(C)C. The third kappa shape index (κ3) is 4.26. The summed E-state index contributed by atoms with van der Waals surface area (Å²) >= 11 is 0. The van der Waals surface area contributed by atoms with Crippen molar-refractivity contribution in [2.75, 3.05) is 19.7 Å². The molecule has 1 atom stereocenters. The van der Waals surface area contributed by atoms with Gasteiger partial charge in [0.1, 0.15) is 11.4 Å².